The highest BCUT2D eigenvalue weighted by molar-refractivity contribution is 5.87. The van der Waals surface area contributed by atoms with Crippen molar-refractivity contribution in [3.63, 3.8) is 0 Å². The zero-order valence-corrected chi connectivity index (χ0v) is 6.33. The Labute approximate surface area is 64.8 Å². The van der Waals surface area contributed by atoms with Gasteiger partial charge in [-0.3, -0.25) is 0 Å². The molecule has 0 saturated heterocycles. The summed E-state index contributed by atoms with van der Waals surface area (Å²) in [5, 5.41) is 0. The van der Waals surface area contributed by atoms with Gasteiger partial charge in [-0.1, -0.05) is 6.58 Å². The van der Waals surface area contributed by atoms with E-state index in [1.807, 2.05) is 0 Å². The Balaban J connectivity index is 3.52. The maximum Gasteiger partial charge on any atom is 0.335 e. The average molecular weight is 158 g/mol. The Morgan fingerprint density at radius 2 is 2.27 bits per heavy atom. The normalized spacial score (nSPS) is 8.82. The summed E-state index contributed by atoms with van der Waals surface area (Å²) >= 11 is 0. The third-order valence-corrected chi connectivity index (χ3v) is 0.936. The van der Waals surface area contributed by atoms with Crippen LogP contribution < -0.4 is 0 Å². The van der Waals surface area contributed by atoms with Crippen molar-refractivity contribution >= 4 is 12.3 Å². The SMILES string of the molecule is C=C(COCC=O)C(=O)OC. The van der Waals surface area contributed by atoms with E-state index < -0.39 is 5.97 Å². The first kappa shape index (κ1) is 9.84. The molecule has 11 heavy (non-hydrogen) atoms. The minimum absolute atomic E-state index is 0.0317. The molecule has 0 atom stereocenters. The minimum Gasteiger partial charge on any atom is -0.466 e. The van der Waals surface area contributed by atoms with Crippen molar-refractivity contribution in [2.45, 2.75) is 0 Å². The van der Waals surface area contributed by atoms with Gasteiger partial charge < -0.3 is 14.3 Å². The van der Waals surface area contributed by atoms with E-state index in [1.54, 1.807) is 0 Å². The Kier molecular flexibility index (Phi) is 5.02. The second-order valence-corrected chi connectivity index (χ2v) is 1.78. The Morgan fingerprint density at radius 3 is 2.73 bits per heavy atom. The van der Waals surface area contributed by atoms with Gasteiger partial charge in [0.2, 0.25) is 0 Å². The number of carbonyl (C=O) groups is 2. The molecule has 4 nitrogen and oxygen atoms in total. The molecule has 0 amide bonds. The highest BCUT2D eigenvalue weighted by Gasteiger charge is 2.05. The van der Waals surface area contributed by atoms with Crippen molar-refractivity contribution in [1.29, 1.82) is 0 Å². The molecule has 0 heterocycles. The van der Waals surface area contributed by atoms with E-state index in [0.29, 0.717) is 6.29 Å². The van der Waals surface area contributed by atoms with Crippen LogP contribution in [0.25, 0.3) is 0 Å². The van der Waals surface area contributed by atoms with Gasteiger partial charge in [0.1, 0.15) is 12.9 Å². The summed E-state index contributed by atoms with van der Waals surface area (Å²) in [6, 6.07) is 0. The van der Waals surface area contributed by atoms with E-state index in [0.717, 1.165) is 0 Å². The molecule has 0 aliphatic heterocycles. The van der Waals surface area contributed by atoms with Crippen LogP contribution in [0.2, 0.25) is 0 Å². The molecule has 0 radical (unpaired) electrons. The van der Waals surface area contributed by atoms with E-state index in [9.17, 15) is 9.59 Å². The minimum atomic E-state index is -0.518. The number of rotatable bonds is 5. The molecule has 0 aliphatic rings. The fourth-order valence-electron chi connectivity index (χ4n) is 0.434. The summed E-state index contributed by atoms with van der Waals surface area (Å²) in [6.07, 6.45) is 0.602. The van der Waals surface area contributed by atoms with Gasteiger partial charge in [-0.05, 0) is 0 Å². The highest BCUT2D eigenvalue weighted by Crippen LogP contribution is 1.93. The zero-order chi connectivity index (χ0) is 8.69. The van der Waals surface area contributed by atoms with Gasteiger partial charge in [0.25, 0.3) is 0 Å². The topological polar surface area (TPSA) is 52.6 Å². The molecule has 0 spiro atoms. The van der Waals surface area contributed by atoms with Gasteiger partial charge in [0.15, 0.2) is 0 Å². The number of esters is 1. The average Bonchev–Trinajstić information content (AvgIpc) is 2.03. The molecule has 0 rings (SSSR count). The first-order valence-corrected chi connectivity index (χ1v) is 2.99. The number of ether oxygens (including phenoxy) is 2. The van der Waals surface area contributed by atoms with Gasteiger partial charge in [-0.15, -0.1) is 0 Å². The maximum absolute atomic E-state index is 10.6. The smallest absolute Gasteiger partial charge is 0.335 e. The number of carbonyl (C=O) groups excluding carboxylic acids is 2. The molecule has 0 bridgehead atoms. The summed E-state index contributed by atoms with van der Waals surface area (Å²) in [7, 11) is 1.26. The van der Waals surface area contributed by atoms with Crippen molar-refractivity contribution in [3.05, 3.63) is 12.2 Å². The molecule has 0 unspecified atom stereocenters. The quantitative estimate of drug-likeness (QED) is 0.243. The van der Waals surface area contributed by atoms with Crippen LogP contribution >= 0.6 is 0 Å². The largest absolute Gasteiger partial charge is 0.466 e. The molecule has 0 aliphatic carbocycles. The second-order valence-electron chi connectivity index (χ2n) is 1.78. The van der Waals surface area contributed by atoms with Gasteiger partial charge in [-0.2, -0.15) is 0 Å². The number of aldehydes is 1. The lowest BCUT2D eigenvalue weighted by Crippen LogP contribution is -2.10. The monoisotopic (exact) mass is 158 g/mol. The number of methoxy groups -OCH3 is 1. The molecular weight excluding hydrogens is 148 g/mol. The number of hydrogen-bond donors (Lipinski definition) is 0. The molecule has 0 aromatic carbocycles. The molecule has 62 valence electrons. The van der Waals surface area contributed by atoms with Crippen LogP contribution in [-0.2, 0) is 19.1 Å². The number of hydrogen-bond acceptors (Lipinski definition) is 4. The molecule has 0 saturated carbocycles. The molecular formula is C7H10O4. The maximum atomic E-state index is 10.6. The Bertz CT molecular complexity index is 162. The van der Waals surface area contributed by atoms with E-state index in [2.05, 4.69) is 11.3 Å². The van der Waals surface area contributed by atoms with Crippen LogP contribution in [0.1, 0.15) is 0 Å². The second kappa shape index (κ2) is 5.61. The van der Waals surface area contributed by atoms with E-state index in [4.69, 9.17) is 4.74 Å². The molecule has 0 aromatic rings. The van der Waals surface area contributed by atoms with Crippen LogP contribution in [0.4, 0.5) is 0 Å². The van der Waals surface area contributed by atoms with E-state index in [-0.39, 0.29) is 18.8 Å². The molecule has 0 aromatic heterocycles. The third-order valence-electron chi connectivity index (χ3n) is 0.936. The van der Waals surface area contributed by atoms with Gasteiger partial charge >= 0.3 is 5.97 Å². The van der Waals surface area contributed by atoms with E-state index in [1.165, 1.54) is 7.11 Å². The van der Waals surface area contributed by atoms with Crippen molar-refractivity contribution in [2.75, 3.05) is 20.3 Å². The first-order valence-electron chi connectivity index (χ1n) is 2.99. The lowest BCUT2D eigenvalue weighted by Gasteiger charge is -2.01. The Hall–Kier alpha value is -1.16. The lowest BCUT2D eigenvalue weighted by atomic mass is 10.3. The molecule has 0 N–H and O–H groups in total. The molecule has 4 heteroatoms. The third kappa shape index (κ3) is 4.27. The summed E-state index contributed by atoms with van der Waals surface area (Å²) in [6.45, 7) is 3.38. The van der Waals surface area contributed by atoms with Crippen molar-refractivity contribution < 1.29 is 19.1 Å². The first-order chi connectivity index (χ1) is 5.22. The van der Waals surface area contributed by atoms with Crippen LogP contribution in [0, 0.1) is 0 Å². The predicted octanol–water partition coefficient (Wildman–Crippen LogP) is -0.0689. The highest BCUT2D eigenvalue weighted by atomic mass is 16.5. The predicted molar refractivity (Wildman–Crippen MR) is 38.0 cm³/mol. The van der Waals surface area contributed by atoms with Crippen LogP contribution in [0.15, 0.2) is 12.2 Å². The summed E-state index contributed by atoms with van der Waals surface area (Å²) in [5.74, 6) is -0.518. The summed E-state index contributed by atoms with van der Waals surface area (Å²) in [5.41, 5.74) is 0.203. The zero-order valence-electron chi connectivity index (χ0n) is 6.33. The Morgan fingerprint density at radius 1 is 1.64 bits per heavy atom. The summed E-state index contributed by atoms with van der Waals surface area (Å²) < 4.78 is 9.03. The van der Waals surface area contributed by atoms with Gasteiger partial charge in [-0.25, -0.2) is 4.79 Å². The van der Waals surface area contributed by atoms with Crippen molar-refractivity contribution in [2.24, 2.45) is 0 Å². The molecule has 0 fully saturated rings. The van der Waals surface area contributed by atoms with Crippen LogP contribution in [0.5, 0.6) is 0 Å². The van der Waals surface area contributed by atoms with Crippen LogP contribution in [0.3, 0.4) is 0 Å². The van der Waals surface area contributed by atoms with Crippen LogP contribution in [-0.4, -0.2) is 32.6 Å². The lowest BCUT2D eigenvalue weighted by molar-refractivity contribution is -0.137. The van der Waals surface area contributed by atoms with Crippen molar-refractivity contribution in [1.82, 2.24) is 0 Å². The standard InChI is InChI=1S/C7H10O4/c1-6(7(9)10-2)5-11-4-3-8/h3H,1,4-5H2,2H3. The fourth-order valence-corrected chi connectivity index (χ4v) is 0.434. The van der Waals surface area contributed by atoms with Gasteiger partial charge in [0, 0.05) is 0 Å². The van der Waals surface area contributed by atoms with E-state index >= 15 is 0 Å². The summed E-state index contributed by atoms with van der Waals surface area (Å²) in [4.78, 5) is 20.4. The van der Waals surface area contributed by atoms with Crippen molar-refractivity contribution in [3.8, 4) is 0 Å². The van der Waals surface area contributed by atoms with Gasteiger partial charge in [0.05, 0.1) is 19.3 Å². The fraction of sp³-hybridized carbons (Fsp3) is 0.429.